The Balaban J connectivity index is 1.82. The van der Waals surface area contributed by atoms with E-state index in [1.165, 1.54) is 12.8 Å². The zero-order valence-corrected chi connectivity index (χ0v) is 14.6. The Hall–Kier alpha value is -3.20. The molecule has 0 radical (unpaired) electrons. The van der Waals surface area contributed by atoms with Crippen molar-refractivity contribution < 1.29 is 9.90 Å². The lowest BCUT2D eigenvalue weighted by atomic mass is 10.1. The van der Waals surface area contributed by atoms with Crippen molar-refractivity contribution in [2.24, 2.45) is 0 Å². The van der Waals surface area contributed by atoms with Gasteiger partial charge in [-0.05, 0) is 50.3 Å². The molecule has 130 valence electrons. The third-order valence-corrected chi connectivity index (χ3v) is 4.73. The maximum absolute atomic E-state index is 11.7. The number of hydrogen-bond acceptors (Lipinski definition) is 4. The molecule has 0 bridgehead atoms. The van der Waals surface area contributed by atoms with E-state index in [-0.39, 0.29) is 11.6 Å². The van der Waals surface area contributed by atoms with Crippen LogP contribution >= 0.6 is 0 Å². The van der Waals surface area contributed by atoms with Crippen molar-refractivity contribution in [3.8, 4) is 11.8 Å². The van der Waals surface area contributed by atoms with Crippen molar-refractivity contribution in [3.63, 3.8) is 0 Å². The number of benzene rings is 1. The number of carboxylic acids is 1. The van der Waals surface area contributed by atoms with Crippen LogP contribution in [0.5, 0.6) is 0 Å². The third kappa shape index (κ3) is 2.72. The highest BCUT2D eigenvalue weighted by Gasteiger charge is 2.25. The molecule has 1 atom stereocenters. The topological polar surface area (TPSA) is 80.9 Å². The van der Waals surface area contributed by atoms with Gasteiger partial charge in [0.05, 0.1) is 17.3 Å². The maximum atomic E-state index is 11.7. The summed E-state index contributed by atoms with van der Waals surface area (Å²) >= 11 is 0. The Bertz CT molecular complexity index is 1050. The first-order valence-corrected chi connectivity index (χ1v) is 8.58. The summed E-state index contributed by atoms with van der Waals surface area (Å²) in [6.07, 6.45) is 7.80. The first-order valence-electron chi connectivity index (χ1n) is 8.58. The number of fused-ring (bicyclic) bond motifs is 1. The molecule has 1 aliphatic rings. The van der Waals surface area contributed by atoms with E-state index in [2.05, 4.69) is 26.9 Å². The predicted octanol–water partition coefficient (Wildman–Crippen LogP) is 3.38. The van der Waals surface area contributed by atoms with Crippen LogP contribution in [0.2, 0.25) is 0 Å². The summed E-state index contributed by atoms with van der Waals surface area (Å²) in [5.41, 5.74) is 2.66. The Kier molecular flexibility index (Phi) is 3.92. The average Bonchev–Trinajstić information content (AvgIpc) is 3.40. The fourth-order valence-electron chi connectivity index (χ4n) is 3.17. The molecule has 4 rings (SSSR count). The van der Waals surface area contributed by atoms with Gasteiger partial charge in [0.1, 0.15) is 6.04 Å². The molecule has 6 heteroatoms. The highest BCUT2D eigenvalue weighted by Crippen LogP contribution is 2.39. The van der Waals surface area contributed by atoms with Crippen molar-refractivity contribution in [2.75, 3.05) is 0 Å². The van der Waals surface area contributed by atoms with Gasteiger partial charge in [-0.1, -0.05) is 5.92 Å². The van der Waals surface area contributed by atoms with Crippen LogP contribution in [0.15, 0.2) is 30.7 Å². The molecule has 0 saturated heterocycles. The normalized spacial score (nSPS) is 14.7. The van der Waals surface area contributed by atoms with Gasteiger partial charge in [0.25, 0.3) is 0 Å². The van der Waals surface area contributed by atoms with E-state index >= 15 is 0 Å². The molecule has 0 aliphatic heterocycles. The lowest BCUT2D eigenvalue weighted by molar-refractivity contribution is 0.0698. The summed E-state index contributed by atoms with van der Waals surface area (Å²) < 4.78 is 1.67. The number of nitrogens with zero attached hydrogens (tertiary/aromatic N) is 4. The maximum Gasteiger partial charge on any atom is 0.337 e. The second-order valence-corrected chi connectivity index (χ2v) is 6.52. The van der Waals surface area contributed by atoms with Crippen LogP contribution in [0, 0.1) is 11.8 Å². The fourth-order valence-corrected chi connectivity index (χ4v) is 3.17. The van der Waals surface area contributed by atoms with Crippen molar-refractivity contribution >= 4 is 16.9 Å². The molecule has 26 heavy (non-hydrogen) atoms. The molecule has 2 aromatic heterocycles. The van der Waals surface area contributed by atoms with E-state index in [4.69, 9.17) is 0 Å². The van der Waals surface area contributed by atoms with Crippen LogP contribution < -0.4 is 0 Å². The second-order valence-electron chi connectivity index (χ2n) is 6.52. The molecular weight excluding hydrogens is 328 g/mol. The molecule has 1 N–H and O–H groups in total. The zero-order valence-electron chi connectivity index (χ0n) is 14.6. The van der Waals surface area contributed by atoms with Gasteiger partial charge in [0, 0.05) is 23.3 Å². The molecule has 0 spiro atoms. The minimum absolute atomic E-state index is 0.195. The van der Waals surface area contributed by atoms with Crippen molar-refractivity contribution in [1.82, 2.24) is 19.7 Å². The average molecular weight is 346 g/mol. The van der Waals surface area contributed by atoms with Crippen LogP contribution in [-0.2, 0) is 0 Å². The smallest absolute Gasteiger partial charge is 0.337 e. The van der Waals surface area contributed by atoms with E-state index < -0.39 is 5.97 Å². The van der Waals surface area contributed by atoms with Crippen molar-refractivity contribution in [3.05, 3.63) is 53.2 Å². The summed E-state index contributed by atoms with van der Waals surface area (Å²) in [6, 6.07) is 3.01. The highest BCUT2D eigenvalue weighted by molar-refractivity contribution is 6.03. The van der Waals surface area contributed by atoms with Crippen LogP contribution in [0.3, 0.4) is 0 Å². The molecule has 1 fully saturated rings. The van der Waals surface area contributed by atoms with Gasteiger partial charge in [-0.25, -0.2) is 14.8 Å². The van der Waals surface area contributed by atoms with Gasteiger partial charge in [0.15, 0.2) is 5.82 Å². The van der Waals surface area contributed by atoms with Crippen LogP contribution in [0.1, 0.15) is 66.0 Å². The van der Waals surface area contributed by atoms with E-state index in [9.17, 15) is 9.90 Å². The Morgan fingerprint density at radius 2 is 2.00 bits per heavy atom. The largest absolute Gasteiger partial charge is 0.478 e. The quantitative estimate of drug-likeness (QED) is 0.733. The summed E-state index contributed by atoms with van der Waals surface area (Å²) in [4.78, 5) is 20.7. The molecule has 1 unspecified atom stereocenters. The van der Waals surface area contributed by atoms with E-state index in [1.54, 1.807) is 29.9 Å². The number of aromatic carboxylic acids is 1. The summed E-state index contributed by atoms with van der Waals surface area (Å²) in [5, 5.41) is 14.8. The first kappa shape index (κ1) is 16.3. The molecule has 1 aromatic carbocycles. The molecule has 1 saturated carbocycles. The Labute approximate surface area is 150 Å². The van der Waals surface area contributed by atoms with Crippen LogP contribution in [0.25, 0.3) is 10.9 Å². The first-order chi connectivity index (χ1) is 12.6. The van der Waals surface area contributed by atoms with Crippen LogP contribution in [-0.4, -0.2) is 30.8 Å². The third-order valence-electron chi connectivity index (χ3n) is 4.73. The summed E-state index contributed by atoms with van der Waals surface area (Å²) in [6.45, 7) is 3.67. The Morgan fingerprint density at radius 3 is 2.62 bits per heavy atom. The molecular formula is C20H18N4O2. The van der Waals surface area contributed by atoms with E-state index in [0.29, 0.717) is 17.3 Å². The SMILES string of the molecule is CC#Cc1ccc(C(=O)O)c2c1cnn2C(C)c1ncc(C2CC2)cn1. The van der Waals surface area contributed by atoms with Gasteiger partial charge in [0.2, 0.25) is 0 Å². The number of carboxylic acid groups (broad SMARTS) is 1. The van der Waals surface area contributed by atoms with Gasteiger partial charge >= 0.3 is 5.97 Å². The van der Waals surface area contributed by atoms with Gasteiger partial charge < -0.3 is 5.11 Å². The monoisotopic (exact) mass is 346 g/mol. The number of rotatable bonds is 4. The molecule has 6 nitrogen and oxygen atoms in total. The number of carbonyl (C=O) groups is 1. The second kappa shape index (κ2) is 6.26. The van der Waals surface area contributed by atoms with Gasteiger partial charge in [-0.15, -0.1) is 5.92 Å². The number of hydrogen-bond donors (Lipinski definition) is 1. The number of aromatic nitrogens is 4. The van der Waals surface area contributed by atoms with Gasteiger partial charge in [-0.3, -0.25) is 4.68 Å². The van der Waals surface area contributed by atoms with E-state index in [0.717, 1.165) is 16.5 Å². The summed E-state index contributed by atoms with van der Waals surface area (Å²) in [5.74, 6) is 6.08. The minimum atomic E-state index is -0.995. The lowest BCUT2D eigenvalue weighted by Gasteiger charge is -2.14. The highest BCUT2D eigenvalue weighted by atomic mass is 16.4. The van der Waals surface area contributed by atoms with Crippen molar-refractivity contribution in [2.45, 2.75) is 38.6 Å². The minimum Gasteiger partial charge on any atom is -0.478 e. The van der Waals surface area contributed by atoms with Crippen LogP contribution in [0.4, 0.5) is 0 Å². The lowest BCUT2D eigenvalue weighted by Crippen LogP contribution is -2.14. The van der Waals surface area contributed by atoms with Gasteiger partial charge in [-0.2, -0.15) is 5.10 Å². The van der Waals surface area contributed by atoms with E-state index in [1.807, 2.05) is 19.3 Å². The fraction of sp³-hybridized carbons (Fsp3) is 0.300. The Morgan fingerprint density at radius 1 is 1.27 bits per heavy atom. The predicted molar refractivity (Wildman–Crippen MR) is 97.1 cm³/mol. The zero-order chi connectivity index (χ0) is 18.3. The molecule has 0 amide bonds. The van der Waals surface area contributed by atoms with Crippen molar-refractivity contribution in [1.29, 1.82) is 0 Å². The molecule has 2 heterocycles. The standard InChI is InChI=1S/C20H18N4O2/c1-3-4-14-7-8-16(20(25)26)18-17(14)11-23-24(18)12(2)19-21-9-15(10-22-19)13-5-6-13/h7-13H,5-6H2,1-2H3,(H,25,26). The summed E-state index contributed by atoms with van der Waals surface area (Å²) in [7, 11) is 0. The molecule has 1 aliphatic carbocycles. The molecule has 3 aromatic rings.